The first-order chi connectivity index (χ1) is 12.1. The Morgan fingerprint density at radius 1 is 1.36 bits per heavy atom. The van der Waals surface area contributed by atoms with Gasteiger partial charge in [0.25, 0.3) is 0 Å². The van der Waals surface area contributed by atoms with Crippen molar-refractivity contribution < 1.29 is 4.79 Å². The number of nitrogens with one attached hydrogen (secondary N) is 1. The lowest BCUT2D eigenvalue weighted by molar-refractivity contribution is -0.122. The van der Waals surface area contributed by atoms with Crippen LogP contribution < -0.4 is 5.32 Å². The molecule has 1 fully saturated rings. The number of thiophene rings is 1. The summed E-state index contributed by atoms with van der Waals surface area (Å²) in [5.41, 5.74) is 3.41. The second-order valence-corrected chi connectivity index (χ2v) is 8.21. The predicted octanol–water partition coefficient (Wildman–Crippen LogP) is 4.47. The van der Waals surface area contributed by atoms with Crippen molar-refractivity contribution in [1.29, 1.82) is 0 Å². The summed E-state index contributed by atoms with van der Waals surface area (Å²) in [4.78, 5) is 14.0. The second kappa shape index (κ2) is 8.17. The number of hydrogen-bond acceptors (Lipinski definition) is 3. The van der Waals surface area contributed by atoms with Crippen molar-refractivity contribution in [2.24, 2.45) is 13.0 Å². The van der Waals surface area contributed by atoms with Crippen LogP contribution in [0.1, 0.15) is 66.4 Å². The molecule has 2 aromatic heterocycles. The third-order valence-electron chi connectivity index (χ3n) is 5.55. The van der Waals surface area contributed by atoms with Crippen molar-refractivity contribution in [2.45, 2.75) is 64.8 Å². The van der Waals surface area contributed by atoms with E-state index in [2.05, 4.69) is 34.9 Å². The summed E-state index contributed by atoms with van der Waals surface area (Å²) in [6.45, 7) is 4.10. The molecule has 1 N–H and O–H groups in total. The number of aromatic nitrogens is 2. The van der Waals surface area contributed by atoms with Crippen LogP contribution in [0.5, 0.6) is 0 Å². The van der Waals surface area contributed by atoms with Gasteiger partial charge in [-0.3, -0.25) is 9.48 Å². The van der Waals surface area contributed by atoms with Gasteiger partial charge in [-0.1, -0.05) is 25.3 Å². The van der Waals surface area contributed by atoms with E-state index in [9.17, 15) is 4.79 Å². The number of hydrogen-bond donors (Lipinski definition) is 1. The minimum absolute atomic E-state index is 0.159. The Hall–Kier alpha value is -1.62. The van der Waals surface area contributed by atoms with Crippen molar-refractivity contribution in [2.75, 3.05) is 0 Å². The van der Waals surface area contributed by atoms with E-state index in [0.717, 1.165) is 17.8 Å². The molecule has 2 aromatic rings. The minimum atomic E-state index is 0.159. The van der Waals surface area contributed by atoms with Crippen LogP contribution in [0, 0.1) is 19.8 Å². The third kappa shape index (κ3) is 4.32. The Kier molecular flexibility index (Phi) is 5.94. The van der Waals surface area contributed by atoms with Crippen molar-refractivity contribution in [1.82, 2.24) is 15.1 Å². The highest BCUT2D eigenvalue weighted by atomic mass is 32.1. The van der Waals surface area contributed by atoms with E-state index in [0.29, 0.717) is 12.3 Å². The Morgan fingerprint density at radius 2 is 2.12 bits per heavy atom. The first-order valence-electron chi connectivity index (χ1n) is 9.38. The lowest BCUT2D eigenvalue weighted by Crippen LogP contribution is -2.34. The summed E-state index contributed by atoms with van der Waals surface area (Å²) in [6, 6.07) is 4.44. The Bertz CT molecular complexity index is 699. The molecule has 4 nitrogen and oxygen atoms in total. The number of carbonyl (C=O) groups excluding carboxylic acids is 1. The predicted molar refractivity (Wildman–Crippen MR) is 103 cm³/mol. The van der Waals surface area contributed by atoms with Crippen LogP contribution in [0.3, 0.4) is 0 Å². The quantitative estimate of drug-likeness (QED) is 0.827. The van der Waals surface area contributed by atoms with E-state index in [4.69, 9.17) is 0 Å². The fourth-order valence-corrected chi connectivity index (χ4v) is 4.89. The molecular formula is C20H29N3OS. The van der Waals surface area contributed by atoms with Gasteiger partial charge in [0.15, 0.2) is 0 Å². The normalized spacial score (nSPS) is 16.8. The second-order valence-electron chi connectivity index (χ2n) is 7.23. The van der Waals surface area contributed by atoms with Gasteiger partial charge in [-0.25, -0.2) is 0 Å². The van der Waals surface area contributed by atoms with E-state index >= 15 is 0 Å². The average molecular weight is 360 g/mol. The summed E-state index contributed by atoms with van der Waals surface area (Å²) >= 11 is 1.76. The molecule has 1 aliphatic carbocycles. The number of rotatable bonds is 6. The third-order valence-corrected chi connectivity index (χ3v) is 6.50. The van der Waals surface area contributed by atoms with Crippen LogP contribution in [-0.2, 0) is 18.3 Å². The summed E-state index contributed by atoms with van der Waals surface area (Å²) < 4.78 is 1.90. The maximum Gasteiger partial charge on any atom is 0.220 e. The van der Waals surface area contributed by atoms with Crippen LogP contribution in [0.25, 0.3) is 0 Å². The molecule has 0 aromatic carbocycles. The topological polar surface area (TPSA) is 46.9 Å². The molecule has 0 aliphatic heterocycles. The number of nitrogens with zero attached hydrogens (tertiary/aromatic N) is 2. The minimum Gasteiger partial charge on any atom is -0.348 e. The van der Waals surface area contributed by atoms with Crippen LogP contribution >= 0.6 is 11.3 Å². The zero-order chi connectivity index (χ0) is 17.8. The van der Waals surface area contributed by atoms with Gasteiger partial charge < -0.3 is 5.32 Å². The highest BCUT2D eigenvalue weighted by molar-refractivity contribution is 7.10. The van der Waals surface area contributed by atoms with Crippen LogP contribution in [0.2, 0.25) is 0 Å². The molecule has 0 spiro atoms. The van der Waals surface area contributed by atoms with Gasteiger partial charge in [-0.05, 0) is 56.0 Å². The standard InChI is InChI=1S/C20H29N3OS/c1-14-17(15(2)23(3)22-14)11-12-19(24)21-20(18-10-7-13-25-18)16-8-5-4-6-9-16/h7,10,13,16,20H,4-6,8-9,11-12H2,1-3H3,(H,21,24). The average Bonchev–Trinajstić information content (AvgIpc) is 3.21. The summed E-state index contributed by atoms with van der Waals surface area (Å²) in [5, 5.41) is 9.91. The van der Waals surface area contributed by atoms with E-state index < -0.39 is 0 Å². The van der Waals surface area contributed by atoms with E-state index in [1.165, 1.54) is 42.5 Å². The molecule has 0 saturated heterocycles. The van der Waals surface area contributed by atoms with Crippen LogP contribution in [0.15, 0.2) is 17.5 Å². The van der Waals surface area contributed by atoms with Gasteiger partial charge in [0, 0.05) is 24.0 Å². The smallest absolute Gasteiger partial charge is 0.220 e. The molecular weight excluding hydrogens is 330 g/mol. The zero-order valence-electron chi connectivity index (χ0n) is 15.5. The van der Waals surface area contributed by atoms with E-state index in [1.807, 2.05) is 18.7 Å². The van der Waals surface area contributed by atoms with Gasteiger partial charge in [0.2, 0.25) is 5.91 Å². The maximum atomic E-state index is 12.7. The monoisotopic (exact) mass is 359 g/mol. The van der Waals surface area contributed by atoms with E-state index in [1.54, 1.807) is 11.3 Å². The largest absolute Gasteiger partial charge is 0.348 e. The lowest BCUT2D eigenvalue weighted by atomic mass is 9.83. The number of carbonyl (C=O) groups is 1. The Balaban J connectivity index is 1.64. The molecule has 0 bridgehead atoms. The van der Waals surface area contributed by atoms with Gasteiger partial charge in [-0.2, -0.15) is 5.10 Å². The molecule has 2 heterocycles. The summed E-state index contributed by atoms with van der Waals surface area (Å²) in [7, 11) is 1.96. The molecule has 1 aliphatic rings. The SMILES string of the molecule is Cc1nn(C)c(C)c1CCC(=O)NC(c1cccs1)C1CCCCC1. The Morgan fingerprint density at radius 3 is 2.72 bits per heavy atom. The molecule has 5 heteroatoms. The van der Waals surface area contributed by atoms with Crippen molar-refractivity contribution in [3.05, 3.63) is 39.3 Å². The molecule has 25 heavy (non-hydrogen) atoms. The van der Waals surface area contributed by atoms with Gasteiger partial charge in [0.05, 0.1) is 11.7 Å². The van der Waals surface area contributed by atoms with Crippen LogP contribution in [-0.4, -0.2) is 15.7 Å². The molecule has 136 valence electrons. The Labute approximate surface area is 154 Å². The van der Waals surface area contributed by atoms with Gasteiger partial charge >= 0.3 is 0 Å². The summed E-state index contributed by atoms with van der Waals surface area (Å²) in [6.07, 6.45) is 7.66. The zero-order valence-corrected chi connectivity index (χ0v) is 16.4. The molecule has 1 atom stereocenters. The molecule has 1 saturated carbocycles. The van der Waals surface area contributed by atoms with Gasteiger partial charge in [0.1, 0.15) is 0 Å². The molecule has 0 radical (unpaired) electrons. The highest BCUT2D eigenvalue weighted by Gasteiger charge is 2.27. The number of amides is 1. The lowest BCUT2D eigenvalue weighted by Gasteiger charge is -2.30. The fraction of sp³-hybridized carbons (Fsp3) is 0.600. The van der Waals surface area contributed by atoms with Crippen LogP contribution in [0.4, 0.5) is 0 Å². The number of aryl methyl sites for hydroxylation is 2. The first-order valence-corrected chi connectivity index (χ1v) is 10.3. The maximum absolute atomic E-state index is 12.7. The van der Waals surface area contributed by atoms with Gasteiger partial charge in [-0.15, -0.1) is 11.3 Å². The first kappa shape index (κ1) is 18.2. The highest BCUT2D eigenvalue weighted by Crippen LogP contribution is 2.36. The molecule has 1 unspecified atom stereocenters. The summed E-state index contributed by atoms with van der Waals surface area (Å²) in [5.74, 6) is 0.741. The molecule has 3 rings (SSSR count). The van der Waals surface area contributed by atoms with Crippen molar-refractivity contribution >= 4 is 17.2 Å². The van der Waals surface area contributed by atoms with Crippen molar-refractivity contribution in [3.63, 3.8) is 0 Å². The fourth-order valence-electron chi connectivity index (χ4n) is 4.02. The van der Waals surface area contributed by atoms with Crippen molar-refractivity contribution in [3.8, 4) is 0 Å². The van der Waals surface area contributed by atoms with E-state index in [-0.39, 0.29) is 11.9 Å². The molecule has 1 amide bonds.